The minimum absolute atomic E-state index is 0.239. The van der Waals surface area contributed by atoms with Gasteiger partial charge in [-0.25, -0.2) is 4.79 Å². The minimum Gasteiger partial charge on any atom is -0.467 e. The predicted octanol–water partition coefficient (Wildman–Crippen LogP) is 5.11. The maximum absolute atomic E-state index is 14.1. The first-order valence-corrected chi connectivity index (χ1v) is 12.7. The number of carbonyl (C=O) groups excluding carboxylic acids is 3. The van der Waals surface area contributed by atoms with Crippen LogP contribution in [-0.4, -0.2) is 45.7 Å². The van der Waals surface area contributed by atoms with Crippen LogP contribution >= 0.6 is 0 Å². The van der Waals surface area contributed by atoms with E-state index in [2.05, 4.69) is 16.9 Å². The number of hydrogen-bond acceptors (Lipinski definition) is 4. The second-order valence-electron chi connectivity index (χ2n) is 9.59. The average molecular weight is 506 g/mol. The number of para-hydroxylation sites is 2. The Morgan fingerprint density at radius 3 is 2.32 bits per heavy atom. The van der Waals surface area contributed by atoms with E-state index in [-0.39, 0.29) is 12.0 Å². The van der Waals surface area contributed by atoms with Crippen LogP contribution in [0.15, 0.2) is 79.0 Å². The van der Waals surface area contributed by atoms with Gasteiger partial charge in [-0.1, -0.05) is 67.6 Å². The van der Waals surface area contributed by atoms with Gasteiger partial charge in [-0.3, -0.25) is 9.59 Å². The summed E-state index contributed by atoms with van der Waals surface area (Å²) in [6, 6.07) is 21.5. The quantitative estimate of drug-likeness (QED) is 0.197. The maximum Gasteiger partial charge on any atom is 0.328 e. The number of amides is 1. The van der Waals surface area contributed by atoms with E-state index in [1.165, 1.54) is 12.0 Å². The zero-order valence-corrected chi connectivity index (χ0v) is 21.2. The van der Waals surface area contributed by atoms with E-state index in [4.69, 9.17) is 4.74 Å². The number of benzene rings is 3. The number of fused-ring (bicyclic) bond motifs is 4. The number of nitrogens with one attached hydrogen (secondary N) is 2. The summed E-state index contributed by atoms with van der Waals surface area (Å²) in [7, 11) is 1.31. The summed E-state index contributed by atoms with van der Waals surface area (Å²) < 4.78 is 5.17. The van der Waals surface area contributed by atoms with Crippen LogP contribution in [0.5, 0.6) is 0 Å². The third kappa shape index (κ3) is 3.70. The van der Waals surface area contributed by atoms with Crippen LogP contribution < -0.4 is 0 Å². The fourth-order valence-corrected chi connectivity index (χ4v) is 5.63. The van der Waals surface area contributed by atoms with Crippen molar-refractivity contribution in [1.29, 1.82) is 0 Å². The topological polar surface area (TPSA) is 95.3 Å². The molecule has 2 N–H and O–H groups in total. The molecule has 2 atom stereocenters. The summed E-state index contributed by atoms with van der Waals surface area (Å²) in [5, 5.41) is 1.65. The number of Topliss-reactive ketones (excluding diaryl/α,β-unsaturated/α-hetero) is 1. The summed E-state index contributed by atoms with van der Waals surface area (Å²) in [5.41, 5.74) is 5.66. The lowest BCUT2D eigenvalue weighted by Crippen LogP contribution is -2.53. The number of nitrogens with zero attached hydrogens (tertiary/aromatic N) is 1. The molecule has 38 heavy (non-hydrogen) atoms. The number of rotatable bonds is 5. The number of carbonyl (C=O) groups is 3. The van der Waals surface area contributed by atoms with Crippen LogP contribution in [0.1, 0.15) is 45.7 Å². The molecule has 0 aliphatic carbocycles. The van der Waals surface area contributed by atoms with Gasteiger partial charge in [-0.05, 0) is 35.2 Å². The van der Waals surface area contributed by atoms with Crippen LogP contribution in [0.25, 0.3) is 21.8 Å². The van der Waals surface area contributed by atoms with E-state index in [9.17, 15) is 14.4 Å². The summed E-state index contributed by atoms with van der Waals surface area (Å²) in [6.07, 6.45) is 2.67. The van der Waals surface area contributed by atoms with Crippen molar-refractivity contribution in [1.82, 2.24) is 14.9 Å². The first-order chi connectivity index (χ1) is 18.5. The summed E-state index contributed by atoms with van der Waals surface area (Å²) in [5.74, 6) is -1.98. The molecule has 0 saturated heterocycles. The molecule has 0 fully saturated rings. The average Bonchev–Trinajstić information content (AvgIpc) is 3.56. The molecule has 0 saturated carbocycles. The van der Waals surface area contributed by atoms with Crippen LogP contribution in [0, 0.1) is 0 Å². The fraction of sp³-hybridized carbons (Fsp3) is 0.194. The highest BCUT2D eigenvalue weighted by molar-refractivity contribution is 6.45. The Morgan fingerprint density at radius 2 is 1.61 bits per heavy atom. The standard InChI is InChI=1S/C31H27N3O4/c1-3-18-12-14-19(15-13-18)28-27-22(20-8-5-7-11-25(20)33-27)16-26(31(37)38-2)34(28)30(36)29(35)23-17-32-24-10-6-4-9-21(23)24/h4-15,17,26,28,32-33H,3,16H2,1-2H3/t26-,28+/m1/s1. The molecular formula is C31H27N3O4. The molecule has 3 heterocycles. The Hall–Kier alpha value is -4.65. The number of ketones is 1. The van der Waals surface area contributed by atoms with Crippen molar-refractivity contribution < 1.29 is 19.1 Å². The highest BCUT2D eigenvalue weighted by atomic mass is 16.5. The Labute approximate surface area is 219 Å². The van der Waals surface area contributed by atoms with Crippen molar-refractivity contribution in [3.8, 4) is 0 Å². The molecule has 7 nitrogen and oxygen atoms in total. The number of aromatic amines is 2. The molecule has 3 aromatic carbocycles. The third-order valence-electron chi connectivity index (χ3n) is 7.57. The number of H-pyrrole nitrogens is 2. The molecule has 7 heteroatoms. The van der Waals surface area contributed by atoms with Gasteiger partial charge >= 0.3 is 5.97 Å². The van der Waals surface area contributed by atoms with Gasteiger partial charge in [0.1, 0.15) is 6.04 Å². The van der Waals surface area contributed by atoms with Crippen molar-refractivity contribution in [2.45, 2.75) is 31.8 Å². The minimum atomic E-state index is -0.968. The lowest BCUT2D eigenvalue weighted by atomic mass is 9.87. The molecule has 2 aromatic heterocycles. The van der Waals surface area contributed by atoms with Gasteiger partial charge in [0.25, 0.3) is 11.7 Å². The van der Waals surface area contributed by atoms with Gasteiger partial charge in [0.2, 0.25) is 0 Å². The highest BCUT2D eigenvalue weighted by Crippen LogP contribution is 2.41. The van der Waals surface area contributed by atoms with Gasteiger partial charge < -0.3 is 19.6 Å². The third-order valence-corrected chi connectivity index (χ3v) is 7.57. The number of ether oxygens (including phenoxy) is 1. The number of aromatic nitrogens is 2. The van der Waals surface area contributed by atoms with Crippen molar-refractivity contribution in [2.75, 3.05) is 7.11 Å². The van der Waals surface area contributed by atoms with Crippen LogP contribution in [0.2, 0.25) is 0 Å². The Balaban J connectivity index is 1.54. The largest absolute Gasteiger partial charge is 0.467 e. The molecule has 0 bridgehead atoms. The zero-order chi connectivity index (χ0) is 26.4. The van der Waals surface area contributed by atoms with E-state index in [1.807, 2.05) is 66.7 Å². The molecule has 1 amide bonds. The lowest BCUT2D eigenvalue weighted by Gasteiger charge is -2.40. The van der Waals surface area contributed by atoms with Gasteiger partial charge in [-0.2, -0.15) is 0 Å². The first kappa shape index (κ1) is 23.7. The number of methoxy groups -OCH3 is 1. The van der Waals surface area contributed by atoms with Gasteiger partial charge in [0.05, 0.1) is 18.7 Å². The fourth-order valence-electron chi connectivity index (χ4n) is 5.63. The molecule has 6 rings (SSSR count). The molecule has 0 spiro atoms. The predicted molar refractivity (Wildman–Crippen MR) is 145 cm³/mol. The van der Waals surface area contributed by atoms with Gasteiger partial charge in [-0.15, -0.1) is 0 Å². The van der Waals surface area contributed by atoms with Crippen LogP contribution in [-0.2, 0) is 27.2 Å². The Bertz CT molecular complexity index is 1700. The zero-order valence-electron chi connectivity index (χ0n) is 21.2. The van der Waals surface area contributed by atoms with Crippen molar-refractivity contribution in [3.05, 3.63) is 107 Å². The molecule has 5 aromatic rings. The monoisotopic (exact) mass is 505 g/mol. The summed E-state index contributed by atoms with van der Waals surface area (Å²) in [4.78, 5) is 49.1. The van der Waals surface area contributed by atoms with Crippen molar-refractivity contribution in [2.24, 2.45) is 0 Å². The SMILES string of the molecule is CCc1ccc([C@H]2c3[nH]c4ccccc4c3C[C@H](C(=O)OC)N2C(=O)C(=O)c2c[nH]c3ccccc23)cc1. The van der Waals surface area contributed by atoms with Gasteiger partial charge in [0.15, 0.2) is 0 Å². The Morgan fingerprint density at radius 1 is 0.921 bits per heavy atom. The molecule has 1 aliphatic rings. The van der Waals surface area contributed by atoms with E-state index in [0.717, 1.165) is 45.2 Å². The van der Waals surface area contributed by atoms with Crippen molar-refractivity contribution >= 4 is 39.5 Å². The molecule has 0 unspecified atom stereocenters. The summed E-state index contributed by atoms with van der Waals surface area (Å²) in [6.45, 7) is 2.08. The number of aryl methyl sites for hydroxylation is 1. The van der Waals surface area contributed by atoms with Gasteiger partial charge in [0, 0.05) is 40.1 Å². The smallest absolute Gasteiger partial charge is 0.328 e. The second kappa shape index (κ2) is 9.34. The van der Waals surface area contributed by atoms with E-state index in [1.54, 1.807) is 12.3 Å². The first-order valence-electron chi connectivity index (χ1n) is 12.7. The number of hydrogen-bond donors (Lipinski definition) is 2. The molecule has 1 aliphatic heterocycles. The molecule has 190 valence electrons. The lowest BCUT2D eigenvalue weighted by molar-refractivity contribution is -0.153. The molecular weight excluding hydrogens is 478 g/mol. The van der Waals surface area contributed by atoms with Crippen LogP contribution in [0.4, 0.5) is 0 Å². The highest BCUT2D eigenvalue weighted by Gasteiger charge is 2.46. The van der Waals surface area contributed by atoms with Crippen molar-refractivity contribution in [3.63, 3.8) is 0 Å². The van der Waals surface area contributed by atoms with Crippen LogP contribution in [0.3, 0.4) is 0 Å². The maximum atomic E-state index is 14.1. The van der Waals surface area contributed by atoms with E-state index in [0.29, 0.717) is 5.39 Å². The van der Waals surface area contributed by atoms with E-state index >= 15 is 0 Å². The Kier molecular flexibility index (Phi) is 5.83. The summed E-state index contributed by atoms with van der Waals surface area (Å²) >= 11 is 0. The molecule has 0 radical (unpaired) electrons. The normalized spacial score (nSPS) is 16.9. The number of esters is 1. The second-order valence-corrected chi connectivity index (χ2v) is 9.59. The van der Waals surface area contributed by atoms with E-state index < -0.39 is 29.7 Å².